The van der Waals surface area contributed by atoms with Crippen LogP contribution < -0.4 is 5.32 Å². The Morgan fingerprint density at radius 2 is 2.08 bits per heavy atom. The summed E-state index contributed by atoms with van der Waals surface area (Å²) >= 11 is 1.40. The van der Waals surface area contributed by atoms with E-state index in [0.717, 1.165) is 17.7 Å². The summed E-state index contributed by atoms with van der Waals surface area (Å²) in [5.74, 6) is 0.595. The van der Waals surface area contributed by atoms with Gasteiger partial charge < -0.3 is 15.0 Å². The number of rotatable bonds is 4. The maximum absolute atomic E-state index is 11.9. The van der Waals surface area contributed by atoms with E-state index in [4.69, 9.17) is 4.74 Å². The first kappa shape index (κ1) is 17.3. The second-order valence-corrected chi connectivity index (χ2v) is 6.63. The number of anilines is 1. The van der Waals surface area contributed by atoms with Crippen molar-refractivity contribution >= 4 is 29.0 Å². The van der Waals surface area contributed by atoms with Crippen LogP contribution in [0.5, 0.6) is 0 Å². The summed E-state index contributed by atoms with van der Waals surface area (Å²) in [5.41, 5.74) is 1.89. The number of hydrogen-bond donors (Lipinski definition) is 1. The molecule has 1 aliphatic heterocycles. The molecule has 0 saturated carbocycles. The summed E-state index contributed by atoms with van der Waals surface area (Å²) in [6.07, 6.45) is 3.32. The van der Waals surface area contributed by atoms with Gasteiger partial charge in [-0.05, 0) is 12.8 Å². The molecule has 1 amide bonds. The SMILES string of the molecule is COC(=O)c1cc(NC2CCN(C(C)=O)CC2)nc(-c2cncs2)n1. The number of carbonyl (C=O) groups is 2. The first-order valence-electron chi connectivity index (χ1n) is 7.95. The highest BCUT2D eigenvalue weighted by atomic mass is 32.1. The van der Waals surface area contributed by atoms with Gasteiger partial charge in [0.15, 0.2) is 11.5 Å². The Labute approximate surface area is 149 Å². The first-order chi connectivity index (χ1) is 12.1. The lowest BCUT2D eigenvalue weighted by Crippen LogP contribution is -2.41. The molecular weight excluding hydrogens is 342 g/mol. The van der Waals surface area contributed by atoms with Crippen LogP contribution in [0.4, 0.5) is 5.82 Å². The van der Waals surface area contributed by atoms with Gasteiger partial charge in [0.25, 0.3) is 0 Å². The molecule has 1 N–H and O–H groups in total. The molecule has 9 heteroatoms. The summed E-state index contributed by atoms with van der Waals surface area (Å²) in [7, 11) is 1.32. The van der Waals surface area contributed by atoms with Gasteiger partial charge in [0.05, 0.1) is 17.5 Å². The first-order valence-corrected chi connectivity index (χ1v) is 8.83. The summed E-state index contributed by atoms with van der Waals surface area (Å²) in [4.78, 5) is 38.7. The van der Waals surface area contributed by atoms with Gasteiger partial charge in [-0.3, -0.25) is 9.78 Å². The molecule has 0 aliphatic carbocycles. The summed E-state index contributed by atoms with van der Waals surface area (Å²) in [6, 6.07) is 1.78. The molecule has 0 atom stereocenters. The van der Waals surface area contributed by atoms with Gasteiger partial charge in [-0.15, -0.1) is 11.3 Å². The molecule has 2 aromatic heterocycles. The number of likely N-dealkylation sites (tertiary alicyclic amines) is 1. The molecule has 8 nitrogen and oxygen atoms in total. The van der Waals surface area contributed by atoms with Gasteiger partial charge in [-0.25, -0.2) is 14.8 Å². The summed E-state index contributed by atoms with van der Waals surface area (Å²) in [6.45, 7) is 3.01. The number of esters is 1. The van der Waals surface area contributed by atoms with Crippen LogP contribution in [-0.2, 0) is 9.53 Å². The fourth-order valence-electron chi connectivity index (χ4n) is 2.71. The average molecular weight is 361 g/mol. The molecule has 0 spiro atoms. The van der Waals surface area contributed by atoms with Crippen LogP contribution in [0.3, 0.4) is 0 Å². The molecule has 3 rings (SSSR count). The number of hydrogen-bond acceptors (Lipinski definition) is 8. The number of amides is 1. The topological polar surface area (TPSA) is 97.3 Å². The van der Waals surface area contributed by atoms with Crippen LogP contribution in [0, 0.1) is 0 Å². The maximum Gasteiger partial charge on any atom is 0.356 e. The molecule has 0 radical (unpaired) electrons. The zero-order valence-electron chi connectivity index (χ0n) is 14.1. The molecule has 0 unspecified atom stereocenters. The second kappa shape index (κ2) is 7.56. The monoisotopic (exact) mass is 361 g/mol. The molecule has 1 fully saturated rings. The molecule has 3 heterocycles. The highest BCUT2D eigenvalue weighted by molar-refractivity contribution is 7.13. The van der Waals surface area contributed by atoms with Crippen molar-refractivity contribution in [2.45, 2.75) is 25.8 Å². The molecule has 1 saturated heterocycles. The lowest BCUT2D eigenvalue weighted by Gasteiger charge is -2.32. The maximum atomic E-state index is 11.9. The van der Waals surface area contributed by atoms with Crippen molar-refractivity contribution in [2.24, 2.45) is 0 Å². The predicted molar refractivity (Wildman–Crippen MR) is 93.4 cm³/mol. The van der Waals surface area contributed by atoms with E-state index in [1.165, 1.54) is 18.4 Å². The third-order valence-electron chi connectivity index (χ3n) is 4.07. The molecule has 132 valence electrons. The normalized spacial score (nSPS) is 15.0. The lowest BCUT2D eigenvalue weighted by molar-refractivity contribution is -0.129. The summed E-state index contributed by atoms with van der Waals surface area (Å²) in [5, 5.41) is 3.35. The minimum absolute atomic E-state index is 0.0981. The van der Waals surface area contributed by atoms with E-state index in [1.54, 1.807) is 24.7 Å². The number of nitrogens with one attached hydrogen (secondary N) is 1. The third kappa shape index (κ3) is 4.11. The minimum Gasteiger partial charge on any atom is -0.464 e. The highest BCUT2D eigenvalue weighted by Crippen LogP contribution is 2.23. The van der Waals surface area contributed by atoms with Crippen molar-refractivity contribution in [3.8, 4) is 10.7 Å². The Kier molecular flexibility index (Phi) is 5.22. The van der Waals surface area contributed by atoms with Gasteiger partial charge in [0.1, 0.15) is 5.82 Å². The van der Waals surface area contributed by atoms with Crippen molar-refractivity contribution < 1.29 is 14.3 Å². The van der Waals surface area contributed by atoms with Crippen LogP contribution in [0.25, 0.3) is 10.7 Å². The van der Waals surface area contributed by atoms with E-state index in [-0.39, 0.29) is 17.6 Å². The second-order valence-electron chi connectivity index (χ2n) is 5.74. The molecule has 1 aliphatic rings. The van der Waals surface area contributed by atoms with Crippen LogP contribution in [0.15, 0.2) is 17.8 Å². The number of aromatic nitrogens is 3. The average Bonchev–Trinajstić information content (AvgIpc) is 3.16. The van der Waals surface area contributed by atoms with Crippen LogP contribution >= 0.6 is 11.3 Å². The number of piperidine rings is 1. The predicted octanol–water partition coefficient (Wildman–Crippen LogP) is 1.81. The van der Waals surface area contributed by atoms with E-state index >= 15 is 0 Å². The Bertz CT molecular complexity index is 757. The molecule has 25 heavy (non-hydrogen) atoms. The van der Waals surface area contributed by atoms with Crippen molar-refractivity contribution in [1.29, 1.82) is 0 Å². The van der Waals surface area contributed by atoms with Crippen LogP contribution in [0.1, 0.15) is 30.3 Å². The van der Waals surface area contributed by atoms with Crippen LogP contribution in [-0.4, -0.2) is 58.0 Å². The highest BCUT2D eigenvalue weighted by Gasteiger charge is 2.22. The molecule has 0 bridgehead atoms. The smallest absolute Gasteiger partial charge is 0.356 e. The number of methoxy groups -OCH3 is 1. The summed E-state index contributed by atoms with van der Waals surface area (Å²) < 4.78 is 4.78. The standard InChI is InChI=1S/C16H19N5O3S/c1-10(22)21-5-3-11(4-6-21)18-14-7-12(16(23)24-2)19-15(20-14)13-8-17-9-25-13/h7-9,11H,3-6H2,1-2H3,(H,18,19,20). The number of ether oxygens (including phenoxy) is 1. The van der Waals surface area contributed by atoms with E-state index < -0.39 is 5.97 Å². The molecular formula is C16H19N5O3S. The zero-order chi connectivity index (χ0) is 17.8. The Morgan fingerprint density at radius 1 is 1.32 bits per heavy atom. The Balaban J connectivity index is 1.80. The number of nitrogens with zero attached hydrogens (tertiary/aromatic N) is 4. The minimum atomic E-state index is -0.511. The zero-order valence-corrected chi connectivity index (χ0v) is 14.9. The van der Waals surface area contributed by atoms with E-state index in [1.807, 2.05) is 4.90 Å². The fourth-order valence-corrected chi connectivity index (χ4v) is 3.27. The van der Waals surface area contributed by atoms with Gasteiger partial charge in [0.2, 0.25) is 5.91 Å². The quantitative estimate of drug-likeness (QED) is 0.829. The van der Waals surface area contributed by atoms with E-state index in [2.05, 4.69) is 20.3 Å². The molecule has 2 aromatic rings. The van der Waals surface area contributed by atoms with Gasteiger partial charge >= 0.3 is 5.97 Å². The van der Waals surface area contributed by atoms with Crippen molar-refractivity contribution in [3.63, 3.8) is 0 Å². The van der Waals surface area contributed by atoms with Crippen molar-refractivity contribution in [3.05, 3.63) is 23.5 Å². The van der Waals surface area contributed by atoms with Crippen LogP contribution in [0.2, 0.25) is 0 Å². The number of thiazole rings is 1. The largest absolute Gasteiger partial charge is 0.464 e. The van der Waals surface area contributed by atoms with Gasteiger partial charge in [-0.1, -0.05) is 0 Å². The molecule has 0 aromatic carbocycles. The van der Waals surface area contributed by atoms with Gasteiger partial charge in [-0.2, -0.15) is 0 Å². The van der Waals surface area contributed by atoms with Crippen molar-refractivity contribution in [1.82, 2.24) is 19.9 Å². The Morgan fingerprint density at radius 3 is 2.68 bits per heavy atom. The Hall–Kier alpha value is -2.55. The lowest BCUT2D eigenvalue weighted by atomic mass is 10.1. The third-order valence-corrected chi connectivity index (χ3v) is 4.83. The number of carbonyl (C=O) groups excluding carboxylic acids is 2. The van der Waals surface area contributed by atoms with Crippen molar-refractivity contribution in [2.75, 3.05) is 25.5 Å². The van der Waals surface area contributed by atoms with E-state index in [0.29, 0.717) is 24.7 Å². The fraction of sp³-hybridized carbons (Fsp3) is 0.438. The van der Waals surface area contributed by atoms with E-state index in [9.17, 15) is 9.59 Å². The van der Waals surface area contributed by atoms with Gasteiger partial charge in [0, 0.05) is 38.3 Å².